The third-order valence-corrected chi connectivity index (χ3v) is 8.63. The van der Waals surface area contributed by atoms with Gasteiger partial charge in [-0.1, -0.05) is 11.6 Å². The summed E-state index contributed by atoms with van der Waals surface area (Å²) in [5, 5.41) is 2.97. The van der Waals surface area contributed by atoms with E-state index in [0.717, 1.165) is 30.5 Å². The van der Waals surface area contributed by atoms with Gasteiger partial charge in [-0.25, -0.2) is 4.98 Å². The van der Waals surface area contributed by atoms with Crippen molar-refractivity contribution in [2.75, 3.05) is 31.5 Å². The number of pyridine rings is 1. The molecular weight excluding hydrogens is 472 g/mol. The molecule has 5 rings (SSSR count). The van der Waals surface area contributed by atoms with E-state index in [-0.39, 0.29) is 17.7 Å². The number of amides is 3. The van der Waals surface area contributed by atoms with E-state index in [9.17, 15) is 14.4 Å². The van der Waals surface area contributed by atoms with Crippen molar-refractivity contribution < 1.29 is 14.4 Å². The Hall–Kier alpha value is -3.26. The molecule has 36 heavy (non-hydrogen) atoms. The Morgan fingerprint density at radius 3 is 2.67 bits per heavy atom. The highest BCUT2D eigenvalue weighted by molar-refractivity contribution is 7.11. The molecule has 0 radical (unpaired) electrons. The Morgan fingerprint density at radius 2 is 2.00 bits per heavy atom. The minimum absolute atomic E-state index is 0.00336. The zero-order valence-electron chi connectivity index (χ0n) is 20.9. The first kappa shape index (κ1) is 24.4. The molecule has 0 bridgehead atoms. The van der Waals surface area contributed by atoms with Crippen LogP contribution in [0.25, 0.3) is 6.08 Å². The molecule has 188 valence electrons. The number of aromatic nitrogens is 1. The van der Waals surface area contributed by atoms with Crippen LogP contribution in [-0.2, 0) is 27.2 Å². The van der Waals surface area contributed by atoms with Gasteiger partial charge in [-0.3, -0.25) is 14.4 Å². The van der Waals surface area contributed by atoms with E-state index >= 15 is 0 Å². The Bertz CT molecular complexity index is 1250. The second-order valence-electron chi connectivity index (χ2n) is 10.1. The van der Waals surface area contributed by atoms with Crippen LogP contribution in [0.15, 0.2) is 42.1 Å². The summed E-state index contributed by atoms with van der Waals surface area (Å²) in [5.41, 5.74) is 2.72. The zero-order valence-corrected chi connectivity index (χ0v) is 21.7. The molecule has 2 aromatic heterocycles. The summed E-state index contributed by atoms with van der Waals surface area (Å²) in [4.78, 5) is 48.2. The zero-order chi connectivity index (χ0) is 25.3. The molecule has 1 fully saturated rings. The van der Waals surface area contributed by atoms with Crippen molar-refractivity contribution in [3.63, 3.8) is 0 Å². The van der Waals surface area contributed by atoms with Gasteiger partial charge < -0.3 is 15.1 Å². The predicted molar refractivity (Wildman–Crippen MR) is 142 cm³/mol. The second kappa shape index (κ2) is 10.0. The summed E-state index contributed by atoms with van der Waals surface area (Å²) in [6.07, 6.45) is 11.1. The Morgan fingerprint density at radius 1 is 1.19 bits per heavy atom. The van der Waals surface area contributed by atoms with Crippen molar-refractivity contribution in [3.05, 3.63) is 63.0 Å². The molecule has 1 saturated heterocycles. The normalized spacial score (nSPS) is 19.3. The highest BCUT2D eigenvalue weighted by Gasteiger charge is 2.45. The summed E-state index contributed by atoms with van der Waals surface area (Å²) >= 11 is 1.84. The van der Waals surface area contributed by atoms with Crippen LogP contribution in [-0.4, -0.2) is 58.7 Å². The summed E-state index contributed by atoms with van der Waals surface area (Å²) in [7, 11) is 0. The topological polar surface area (TPSA) is 82.6 Å². The number of anilines is 1. The van der Waals surface area contributed by atoms with E-state index in [2.05, 4.69) is 35.4 Å². The lowest BCUT2D eigenvalue weighted by Crippen LogP contribution is -2.50. The maximum absolute atomic E-state index is 12.9. The number of rotatable bonds is 4. The van der Waals surface area contributed by atoms with Gasteiger partial charge in [-0.05, 0) is 68.0 Å². The number of nitrogens with one attached hydrogen (secondary N) is 1. The van der Waals surface area contributed by atoms with Gasteiger partial charge in [-0.15, -0.1) is 11.3 Å². The number of likely N-dealkylation sites (tertiary alicyclic amines) is 1. The standard InChI is InChI=1S/C28H32N4O3S/c1-19-3-5-24(36-19)16-21-7-11-32(12-8-21)25(34)6-4-22-15-23-17-28(27(35)30-26(23)29-18-22)9-13-31(14-10-28)20(2)33/h3-7,15,18H,8-14,16-17H2,1-2H3,(H,29,30,35). The summed E-state index contributed by atoms with van der Waals surface area (Å²) in [5.74, 6) is 0.642. The molecule has 8 heteroatoms. The highest BCUT2D eigenvalue weighted by Crippen LogP contribution is 2.41. The average molecular weight is 505 g/mol. The average Bonchev–Trinajstić information content (AvgIpc) is 3.28. The fourth-order valence-electron chi connectivity index (χ4n) is 5.35. The second-order valence-corrected chi connectivity index (χ2v) is 11.5. The van der Waals surface area contributed by atoms with Crippen LogP contribution in [0.3, 0.4) is 0 Å². The molecule has 5 heterocycles. The van der Waals surface area contributed by atoms with E-state index in [4.69, 9.17) is 0 Å². The molecule has 0 aliphatic carbocycles. The number of fused-ring (bicyclic) bond motifs is 1. The smallest absolute Gasteiger partial charge is 0.246 e. The first-order valence-corrected chi connectivity index (χ1v) is 13.4. The molecule has 1 spiro atoms. The summed E-state index contributed by atoms with van der Waals surface area (Å²) in [6.45, 7) is 6.26. The largest absolute Gasteiger partial charge is 0.343 e. The summed E-state index contributed by atoms with van der Waals surface area (Å²) < 4.78 is 0. The van der Waals surface area contributed by atoms with Crippen LogP contribution in [0, 0.1) is 12.3 Å². The fraction of sp³-hybridized carbons (Fsp3) is 0.429. The molecule has 0 unspecified atom stereocenters. The van der Waals surface area contributed by atoms with Crippen LogP contribution >= 0.6 is 11.3 Å². The number of hydrogen-bond acceptors (Lipinski definition) is 5. The van der Waals surface area contributed by atoms with E-state index in [1.54, 1.807) is 24.1 Å². The van der Waals surface area contributed by atoms with E-state index in [0.29, 0.717) is 44.7 Å². The van der Waals surface area contributed by atoms with Gasteiger partial charge in [0.25, 0.3) is 0 Å². The SMILES string of the molecule is CC(=O)N1CCC2(CC1)Cc1cc(C=CC(=O)N3CC=C(Cc4ccc(C)s4)CC3)cnc1NC2=O. The van der Waals surface area contributed by atoms with Gasteiger partial charge in [0.2, 0.25) is 17.7 Å². The van der Waals surface area contributed by atoms with Gasteiger partial charge >= 0.3 is 0 Å². The fourth-order valence-corrected chi connectivity index (χ4v) is 6.30. The van der Waals surface area contributed by atoms with Gasteiger partial charge in [-0.2, -0.15) is 0 Å². The van der Waals surface area contributed by atoms with Crippen LogP contribution < -0.4 is 5.32 Å². The molecule has 3 amide bonds. The van der Waals surface area contributed by atoms with Crippen molar-refractivity contribution in [2.45, 2.75) is 46.0 Å². The minimum Gasteiger partial charge on any atom is -0.343 e. The number of nitrogens with zero attached hydrogens (tertiary/aromatic N) is 3. The van der Waals surface area contributed by atoms with Crippen molar-refractivity contribution in [3.8, 4) is 0 Å². The van der Waals surface area contributed by atoms with Crippen LogP contribution in [0.2, 0.25) is 0 Å². The monoisotopic (exact) mass is 504 g/mol. The molecule has 0 atom stereocenters. The molecule has 0 aromatic carbocycles. The molecular formula is C28H32N4O3S. The first-order valence-electron chi connectivity index (χ1n) is 12.6. The van der Waals surface area contributed by atoms with E-state index in [1.807, 2.05) is 28.4 Å². The first-order chi connectivity index (χ1) is 17.3. The number of thiophene rings is 1. The molecule has 3 aliphatic rings. The van der Waals surface area contributed by atoms with Crippen LogP contribution in [0.1, 0.15) is 47.1 Å². The number of piperidine rings is 1. The van der Waals surface area contributed by atoms with E-state index in [1.165, 1.54) is 15.3 Å². The van der Waals surface area contributed by atoms with Gasteiger partial charge in [0.15, 0.2) is 0 Å². The van der Waals surface area contributed by atoms with Crippen molar-refractivity contribution in [1.82, 2.24) is 14.8 Å². The Labute approximate surface area is 215 Å². The van der Waals surface area contributed by atoms with Crippen molar-refractivity contribution >= 4 is 41.0 Å². The number of carbonyl (C=O) groups is 3. The van der Waals surface area contributed by atoms with Gasteiger partial charge in [0.05, 0.1) is 5.41 Å². The number of hydrogen-bond donors (Lipinski definition) is 1. The lowest BCUT2D eigenvalue weighted by molar-refractivity contribution is -0.136. The third kappa shape index (κ3) is 5.14. The summed E-state index contributed by atoms with van der Waals surface area (Å²) in [6, 6.07) is 6.36. The highest BCUT2D eigenvalue weighted by atomic mass is 32.1. The molecule has 7 nitrogen and oxygen atoms in total. The van der Waals surface area contributed by atoms with Crippen LogP contribution in [0.4, 0.5) is 5.82 Å². The molecule has 3 aliphatic heterocycles. The minimum atomic E-state index is -0.502. The van der Waals surface area contributed by atoms with Gasteiger partial charge in [0, 0.05) is 61.6 Å². The lowest BCUT2D eigenvalue weighted by Gasteiger charge is -2.42. The predicted octanol–water partition coefficient (Wildman–Crippen LogP) is 3.99. The van der Waals surface area contributed by atoms with Crippen molar-refractivity contribution in [2.24, 2.45) is 5.41 Å². The third-order valence-electron chi connectivity index (χ3n) is 7.63. The maximum Gasteiger partial charge on any atom is 0.246 e. The van der Waals surface area contributed by atoms with Crippen molar-refractivity contribution in [1.29, 1.82) is 0 Å². The molecule has 1 N–H and O–H groups in total. The van der Waals surface area contributed by atoms with Crippen LogP contribution in [0.5, 0.6) is 0 Å². The number of aryl methyl sites for hydroxylation is 1. The maximum atomic E-state index is 12.9. The van der Waals surface area contributed by atoms with Gasteiger partial charge in [0.1, 0.15) is 5.82 Å². The Balaban J connectivity index is 1.21. The molecule has 0 saturated carbocycles. The quantitative estimate of drug-likeness (QED) is 0.504. The lowest BCUT2D eigenvalue weighted by atomic mass is 9.71. The molecule has 2 aromatic rings. The van der Waals surface area contributed by atoms with E-state index < -0.39 is 5.41 Å². The number of carbonyl (C=O) groups excluding carboxylic acids is 3. The Kier molecular flexibility index (Phi) is 6.79.